The van der Waals surface area contributed by atoms with Crippen molar-refractivity contribution in [2.24, 2.45) is 17.1 Å². The van der Waals surface area contributed by atoms with E-state index in [0.29, 0.717) is 37.9 Å². The largest absolute Gasteiger partial charge is 0.460 e. The summed E-state index contributed by atoms with van der Waals surface area (Å²) in [5.41, 5.74) is 5.33. The minimum atomic E-state index is -0.991. The average Bonchev–Trinajstić information content (AvgIpc) is 3.25. The van der Waals surface area contributed by atoms with Crippen LogP contribution in [0.4, 0.5) is 10.5 Å². The van der Waals surface area contributed by atoms with Crippen LogP contribution in [0.25, 0.3) is 0 Å². The van der Waals surface area contributed by atoms with Crippen LogP contribution in [0.2, 0.25) is 0 Å². The Morgan fingerprint density at radius 2 is 1.65 bits per heavy atom. The van der Waals surface area contributed by atoms with E-state index in [1.54, 1.807) is 58.9 Å². The van der Waals surface area contributed by atoms with Crippen molar-refractivity contribution in [3.05, 3.63) is 29.8 Å². The van der Waals surface area contributed by atoms with Crippen LogP contribution in [-0.4, -0.2) is 77.3 Å². The van der Waals surface area contributed by atoms with Gasteiger partial charge in [0.05, 0.1) is 11.1 Å². The van der Waals surface area contributed by atoms with Crippen molar-refractivity contribution in [3.8, 4) is 0 Å². The van der Waals surface area contributed by atoms with Crippen LogP contribution in [-0.2, 0) is 40.1 Å². The molecule has 0 saturated carbocycles. The summed E-state index contributed by atoms with van der Waals surface area (Å²) >= 11 is 0. The first-order valence-electron chi connectivity index (χ1n) is 16.3. The van der Waals surface area contributed by atoms with Gasteiger partial charge in [0, 0.05) is 31.6 Å². The molecule has 4 atom stereocenters. The van der Waals surface area contributed by atoms with E-state index in [4.69, 9.17) is 10.5 Å². The van der Waals surface area contributed by atoms with Gasteiger partial charge >= 0.3 is 12.0 Å². The highest BCUT2D eigenvalue weighted by Crippen LogP contribution is 2.21. The normalized spacial score (nSPS) is 15.9. The SMILES string of the molecule is CC(C)[C@H](NC(=O)CCCCCN1C(=O)CC(P)C1=O)C(=O)NC(CCCNC(N)=O)C(=O)Nc1ccc(COC(=O)C(C)(C)C)cc1. The summed E-state index contributed by atoms with van der Waals surface area (Å²) in [5, 5.41) is 10.8. The third kappa shape index (κ3) is 13.6. The van der Waals surface area contributed by atoms with E-state index in [9.17, 15) is 33.6 Å². The molecule has 1 aliphatic rings. The molecule has 48 heavy (non-hydrogen) atoms. The number of anilines is 1. The van der Waals surface area contributed by atoms with Crippen LogP contribution in [0.15, 0.2) is 24.3 Å². The predicted octanol–water partition coefficient (Wildman–Crippen LogP) is 2.35. The smallest absolute Gasteiger partial charge is 0.312 e. The maximum atomic E-state index is 13.4. The van der Waals surface area contributed by atoms with E-state index in [0.717, 1.165) is 5.56 Å². The molecule has 3 unspecified atom stereocenters. The number of amides is 7. The van der Waals surface area contributed by atoms with Gasteiger partial charge in [0.25, 0.3) is 0 Å². The number of urea groups is 1. The van der Waals surface area contributed by atoms with E-state index < -0.39 is 35.3 Å². The molecule has 7 amide bonds. The number of nitrogens with zero attached hydrogens (tertiary/aromatic N) is 1. The summed E-state index contributed by atoms with van der Waals surface area (Å²) < 4.78 is 5.33. The number of ether oxygens (including phenoxy) is 1. The summed E-state index contributed by atoms with van der Waals surface area (Å²) in [6, 6.07) is 4.13. The first-order valence-corrected chi connectivity index (χ1v) is 17.0. The van der Waals surface area contributed by atoms with Gasteiger partial charge in [-0.3, -0.25) is 33.7 Å². The number of likely N-dealkylation sites (tertiary alicyclic amines) is 1. The maximum Gasteiger partial charge on any atom is 0.312 e. The summed E-state index contributed by atoms with van der Waals surface area (Å²) in [4.78, 5) is 87.8. The fourth-order valence-electron chi connectivity index (χ4n) is 4.78. The number of imide groups is 1. The number of hydrogen-bond donors (Lipinski definition) is 5. The number of unbranched alkanes of at least 4 members (excludes halogenated alkanes) is 2. The minimum Gasteiger partial charge on any atom is -0.460 e. The molecule has 15 heteroatoms. The van der Waals surface area contributed by atoms with E-state index >= 15 is 0 Å². The molecule has 1 heterocycles. The van der Waals surface area contributed by atoms with Gasteiger partial charge < -0.3 is 31.7 Å². The minimum absolute atomic E-state index is 0.0808. The van der Waals surface area contributed by atoms with Gasteiger partial charge in [-0.1, -0.05) is 32.4 Å². The quantitative estimate of drug-likeness (QED) is 0.0667. The number of carbonyl (C=O) groups is 7. The van der Waals surface area contributed by atoms with Gasteiger partial charge in [0.1, 0.15) is 18.7 Å². The molecule has 14 nitrogen and oxygen atoms in total. The number of hydrogen-bond acceptors (Lipinski definition) is 8. The lowest BCUT2D eigenvalue weighted by Gasteiger charge is -2.25. The molecule has 0 aliphatic carbocycles. The first kappa shape index (κ1) is 40.1. The number of benzene rings is 1. The molecule has 0 spiro atoms. The van der Waals surface area contributed by atoms with Crippen LogP contribution in [0.1, 0.15) is 85.1 Å². The van der Waals surface area contributed by atoms with E-state index in [1.807, 2.05) is 0 Å². The molecule has 0 bridgehead atoms. The monoisotopic (exact) mass is 690 g/mol. The molecule has 6 N–H and O–H groups in total. The molecule has 0 radical (unpaired) electrons. The maximum absolute atomic E-state index is 13.4. The van der Waals surface area contributed by atoms with Gasteiger partial charge in [-0.25, -0.2) is 4.79 Å². The van der Waals surface area contributed by atoms with Crippen LogP contribution >= 0.6 is 9.24 Å². The number of esters is 1. The molecule has 1 aliphatic heterocycles. The Kier molecular flexibility index (Phi) is 15.9. The third-order valence-corrected chi connectivity index (χ3v) is 8.16. The Morgan fingerprint density at radius 1 is 0.979 bits per heavy atom. The highest BCUT2D eigenvalue weighted by molar-refractivity contribution is 7.19. The third-order valence-electron chi connectivity index (χ3n) is 7.64. The zero-order valence-corrected chi connectivity index (χ0v) is 29.7. The average molecular weight is 691 g/mol. The summed E-state index contributed by atoms with van der Waals surface area (Å²) in [6.45, 7) is 9.44. The van der Waals surface area contributed by atoms with E-state index in [-0.39, 0.29) is 67.7 Å². The fraction of sp³-hybridized carbons (Fsp3) is 0.606. The number of nitrogens with one attached hydrogen (secondary N) is 4. The topological polar surface area (TPSA) is 206 Å². The van der Waals surface area contributed by atoms with Crippen molar-refractivity contribution in [2.45, 2.75) is 104 Å². The van der Waals surface area contributed by atoms with Crippen LogP contribution < -0.4 is 27.0 Å². The molecule has 1 aromatic rings. The number of primary amides is 1. The van der Waals surface area contributed by atoms with Crippen LogP contribution in [0.3, 0.4) is 0 Å². The second-order valence-corrected chi connectivity index (χ2v) is 14.1. The summed E-state index contributed by atoms with van der Waals surface area (Å²) in [5.74, 6) is -2.36. The first-order chi connectivity index (χ1) is 22.5. The zero-order chi connectivity index (χ0) is 36.0. The van der Waals surface area contributed by atoms with Gasteiger partial charge in [-0.2, -0.15) is 0 Å². The lowest BCUT2D eigenvalue weighted by atomic mass is 9.97. The van der Waals surface area contributed by atoms with Crippen LogP contribution in [0, 0.1) is 11.3 Å². The Labute approximate surface area is 284 Å². The van der Waals surface area contributed by atoms with Crippen molar-refractivity contribution in [1.29, 1.82) is 0 Å². The zero-order valence-electron chi connectivity index (χ0n) is 28.6. The molecule has 0 aromatic heterocycles. The van der Waals surface area contributed by atoms with Crippen LogP contribution in [0.5, 0.6) is 0 Å². The molecule has 1 fully saturated rings. The molecular formula is C33H51N6O8P. The summed E-state index contributed by atoms with van der Waals surface area (Å²) in [6.07, 6.45) is 2.57. The Balaban J connectivity index is 1.95. The second kappa shape index (κ2) is 19.1. The van der Waals surface area contributed by atoms with Crippen molar-refractivity contribution >= 4 is 56.5 Å². The number of rotatable bonds is 18. The highest BCUT2D eigenvalue weighted by Gasteiger charge is 2.35. The molecule has 1 saturated heterocycles. The highest BCUT2D eigenvalue weighted by atomic mass is 31.0. The Hall–Kier alpha value is -4.06. The predicted molar refractivity (Wildman–Crippen MR) is 183 cm³/mol. The second-order valence-electron chi connectivity index (χ2n) is 13.3. The van der Waals surface area contributed by atoms with Gasteiger partial charge in [0.2, 0.25) is 29.5 Å². The van der Waals surface area contributed by atoms with E-state index in [2.05, 4.69) is 30.5 Å². The molecule has 266 valence electrons. The standard InChI is InChI=1S/C33H51N6O8P/c1-20(2)27(38-25(40)11-7-6-8-17-39-26(41)18-24(48)30(39)44)29(43)37-23(10-9-16-35-32(34)46)28(42)36-22-14-12-21(13-15-22)19-47-31(45)33(3,4)5/h12-15,20,23-24,27H,6-11,16-19,48H2,1-5H3,(H,36,42)(H,37,43)(H,38,40)(H3,34,35,46)/t23?,24?,27-/m0/s1. The number of nitrogens with two attached hydrogens (primary N) is 1. The lowest BCUT2D eigenvalue weighted by molar-refractivity contribution is -0.154. The molecule has 1 aromatic carbocycles. The number of carbonyl (C=O) groups excluding carboxylic acids is 7. The summed E-state index contributed by atoms with van der Waals surface area (Å²) in [7, 11) is 2.38. The Morgan fingerprint density at radius 3 is 2.21 bits per heavy atom. The van der Waals surface area contributed by atoms with Crippen molar-refractivity contribution < 1.29 is 38.3 Å². The van der Waals surface area contributed by atoms with Crippen molar-refractivity contribution in [1.82, 2.24) is 20.9 Å². The van der Waals surface area contributed by atoms with Gasteiger partial charge in [-0.05, 0) is 70.1 Å². The molecule has 2 rings (SSSR count). The fourth-order valence-corrected chi connectivity index (χ4v) is 5.17. The van der Waals surface area contributed by atoms with Crippen molar-refractivity contribution in [2.75, 3.05) is 18.4 Å². The lowest BCUT2D eigenvalue weighted by Crippen LogP contribution is -2.54. The van der Waals surface area contributed by atoms with Gasteiger partial charge in [0.15, 0.2) is 0 Å². The van der Waals surface area contributed by atoms with Gasteiger partial charge in [-0.15, -0.1) is 9.24 Å². The molecular weight excluding hydrogens is 639 g/mol. The van der Waals surface area contributed by atoms with E-state index in [1.165, 1.54) is 4.90 Å². The van der Waals surface area contributed by atoms with Crippen molar-refractivity contribution in [3.63, 3.8) is 0 Å². The Bertz CT molecular complexity index is 1310.